The van der Waals surface area contributed by atoms with Gasteiger partial charge in [-0.05, 0) is 24.3 Å². The summed E-state index contributed by atoms with van der Waals surface area (Å²) in [7, 11) is 0. The predicted octanol–water partition coefficient (Wildman–Crippen LogP) is 0.532. The van der Waals surface area contributed by atoms with Crippen LogP contribution in [0.1, 0.15) is 16.8 Å². The molecule has 128 valence electrons. The Morgan fingerprint density at radius 3 is 2.62 bits per heavy atom. The lowest BCUT2D eigenvalue weighted by atomic mass is 10.1. The van der Waals surface area contributed by atoms with Gasteiger partial charge in [0.25, 0.3) is 5.91 Å². The van der Waals surface area contributed by atoms with Crippen LogP contribution in [-0.4, -0.2) is 66.8 Å². The number of urea groups is 1. The molecule has 8 nitrogen and oxygen atoms in total. The van der Waals surface area contributed by atoms with Crippen LogP contribution in [0.2, 0.25) is 0 Å². The second kappa shape index (κ2) is 6.88. The summed E-state index contributed by atoms with van der Waals surface area (Å²) in [6.45, 7) is 2.24. The lowest BCUT2D eigenvalue weighted by Gasteiger charge is -2.32. The molecular formula is C16H19N3O5. The van der Waals surface area contributed by atoms with Crippen LogP contribution < -0.4 is 10.2 Å². The van der Waals surface area contributed by atoms with Gasteiger partial charge in [-0.15, -0.1) is 0 Å². The van der Waals surface area contributed by atoms with Crippen LogP contribution in [-0.2, 0) is 9.53 Å². The number of morpholine rings is 1. The summed E-state index contributed by atoms with van der Waals surface area (Å²) in [4.78, 5) is 38.2. The highest BCUT2D eigenvalue weighted by atomic mass is 16.5. The summed E-state index contributed by atoms with van der Waals surface area (Å²) in [6.07, 6.45) is -0.597. The number of anilines is 1. The van der Waals surface area contributed by atoms with E-state index in [9.17, 15) is 14.4 Å². The zero-order valence-corrected chi connectivity index (χ0v) is 13.1. The van der Waals surface area contributed by atoms with Crippen molar-refractivity contribution in [1.82, 2.24) is 10.2 Å². The Bertz CT molecular complexity index is 646. The summed E-state index contributed by atoms with van der Waals surface area (Å²) < 4.78 is 5.38. The molecule has 0 saturated carbocycles. The molecule has 2 N–H and O–H groups in total. The summed E-state index contributed by atoms with van der Waals surface area (Å²) in [5, 5.41) is 11.6. The van der Waals surface area contributed by atoms with Crippen molar-refractivity contribution in [3.8, 4) is 0 Å². The number of nitrogens with one attached hydrogen (secondary N) is 1. The minimum absolute atomic E-state index is 0.118. The van der Waals surface area contributed by atoms with Gasteiger partial charge in [-0.1, -0.05) is 0 Å². The van der Waals surface area contributed by atoms with Crippen LogP contribution in [0.25, 0.3) is 0 Å². The van der Waals surface area contributed by atoms with Crippen LogP contribution in [0, 0.1) is 0 Å². The van der Waals surface area contributed by atoms with Crippen molar-refractivity contribution in [2.75, 3.05) is 37.7 Å². The van der Waals surface area contributed by atoms with Gasteiger partial charge in [0.2, 0.25) is 0 Å². The Morgan fingerprint density at radius 1 is 1.25 bits per heavy atom. The molecule has 2 aliphatic rings. The fourth-order valence-electron chi connectivity index (χ4n) is 2.91. The van der Waals surface area contributed by atoms with Crippen molar-refractivity contribution in [2.24, 2.45) is 0 Å². The largest absolute Gasteiger partial charge is 0.481 e. The highest BCUT2D eigenvalue weighted by Gasteiger charge is 2.27. The third-order valence-corrected chi connectivity index (χ3v) is 4.11. The number of carbonyl (C=O) groups is 3. The van der Waals surface area contributed by atoms with E-state index >= 15 is 0 Å². The molecule has 0 bridgehead atoms. The van der Waals surface area contributed by atoms with Gasteiger partial charge >= 0.3 is 12.0 Å². The molecular weight excluding hydrogens is 314 g/mol. The average Bonchev–Trinajstić information content (AvgIpc) is 3.00. The SMILES string of the molecule is O=C(O)C[C@@H]1CN(C(=O)c2ccc(N3CCNC3=O)cc2)CCO1. The minimum Gasteiger partial charge on any atom is -0.481 e. The van der Waals surface area contributed by atoms with Gasteiger partial charge < -0.3 is 20.1 Å². The van der Waals surface area contributed by atoms with Gasteiger partial charge in [-0.3, -0.25) is 14.5 Å². The number of carboxylic acids is 1. The van der Waals surface area contributed by atoms with E-state index in [1.54, 1.807) is 34.1 Å². The Labute approximate surface area is 139 Å². The number of aliphatic carboxylic acids is 1. The van der Waals surface area contributed by atoms with Crippen molar-refractivity contribution >= 4 is 23.6 Å². The normalized spacial score (nSPS) is 20.8. The Morgan fingerprint density at radius 2 is 2.00 bits per heavy atom. The van der Waals surface area contributed by atoms with Crippen molar-refractivity contribution in [2.45, 2.75) is 12.5 Å². The lowest BCUT2D eigenvalue weighted by Crippen LogP contribution is -2.46. The number of hydrogen-bond acceptors (Lipinski definition) is 4. The first-order chi connectivity index (χ1) is 11.5. The van der Waals surface area contributed by atoms with Crippen molar-refractivity contribution in [1.29, 1.82) is 0 Å². The van der Waals surface area contributed by atoms with Gasteiger partial charge in [0.05, 0.1) is 19.1 Å². The van der Waals surface area contributed by atoms with E-state index in [2.05, 4.69) is 5.32 Å². The number of rotatable bonds is 4. The van der Waals surface area contributed by atoms with Gasteiger partial charge in [-0.25, -0.2) is 4.79 Å². The van der Waals surface area contributed by atoms with E-state index in [1.807, 2.05) is 0 Å². The molecule has 24 heavy (non-hydrogen) atoms. The number of ether oxygens (including phenoxy) is 1. The molecule has 0 aliphatic carbocycles. The first-order valence-electron chi connectivity index (χ1n) is 7.82. The molecule has 0 aromatic heterocycles. The second-order valence-corrected chi connectivity index (χ2v) is 5.77. The van der Waals surface area contributed by atoms with Crippen LogP contribution in [0.15, 0.2) is 24.3 Å². The van der Waals surface area contributed by atoms with Crippen LogP contribution in [0.3, 0.4) is 0 Å². The third kappa shape index (κ3) is 3.48. The molecule has 3 amide bonds. The molecule has 1 atom stereocenters. The first kappa shape index (κ1) is 16.3. The second-order valence-electron chi connectivity index (χ2n) is 5.77. The Hall–Kier alpha value is -2.61. The molecule has 3 rings (SSSR count). The molecule has 2 fully saturated rings. The number of amides is 3. The number of carbonyl (C=O) groups excluding carboxylic acids is 2. The number of benzene rings is 1. The fourth-order valence-corrected chi connectivity index (χ4v) is 2.91. The maximum atomic E-state index is 12.6. The van der Waals surface area contributed by atoms with Crippen LogP contribution in [0.5, 0.6) is 0 Å². The molecule has 2 aliphatic heterocycles. The van der Waals surface area contributed by atoms with Crippen molar-refractivity contribution in [3.63, 3.8) is 0 Å². The lowest BCUT2D eigenvalue weighted by molar-refractivity contribution is -0.141. The standard InChI is InChI=1S/C16H19N3O5/c20-14(21)9-13-10-18(7-8-24-13)15(22)11-1-3-12(4-2-11)19-6-5-17-16(19)23/h1-4,13H,5-10H2,(H,17,23)(H,20,21)/t13-/m1/s1. The maximum Gasteiger partial charge on any atom is 0.321 e. The molecule has 8 heteroatoms. The molecule has 2 heterocycles. The highest BCUT2D eigenvalue weighted by molar-refractivity contribution is 5.97. The molecule has 2 saturated heterocycles. The molecule has 1 aromatic carbocycles. The number of hydrogen-bond donors (Lipinski definition) is 2. The third-order valence-electron chi connectivity index (χ3n) is 4.11. The fraction of sp³-hybridized carbons (Fsp3) is 0.438. The topological polar surface area (TPSA) is 99.2 Å². The van der Waals surface area contributed by atoms with Gasteiger partial charge in [0, 0.05) is 37.4 Å². The van der Waals surface area contributed by atoms with Crippen LogP contribution in [0.4, 0.5) is 10.5 Å². The molecule has 1 aromatic rings. The van der Waals surface area contributed by atoms with Crippen molar-refractivity contribution in [3.05, 3.63) is 29.8 Å². The number of nitrogens with zero attached hydrogens (tertiary/aromatic N) is 2. The highest BCUT2D eigenvalue weighted by Crippen LogP contribution is 2.19. The van der Waals surface area contributed by atoms with E-state index in [-0.39, 0.29) is 24.9 Å². The van der Waals surface area contributed by atoms with E-state index in [1.165, 1.54) is 0 Å². The Balaban J connectivity index is 1.66. The minimum atomic E-state index is -0.942. The van der Waals surface area contributed by atoms with Gasteiger partial charge in [-0.2, -0.15) is 0 Å². The summed E-state index contributed by atoms with van der Waals surface area (Å²) in [5.74, 6) is -1.10. The summed E-state index contributed by atoms with van der Waals surface area (Å²) >= 11 is 0. The molecule has 0 spiro atoms. The Kier molecular flexibility index (Phi) is 4.66. The van der Waals surface area contributed by atoms with E-state index in [4.69, 9.17) is 9.84 Å². The van der Waals surface area contributed by atoms with Crippen molar-refractivity contribution < 1.29 is 24.2 Å². The quantitative estimate of drug-likeness (QED) is 0.837. The maximum absolute atomic E-state index is 12.6. The van der Waals surface area contributed by atoms with E-state index in [0.29, 0.717) is 31.8 Å². The van der Waals surface area contributed by atoms with Gasteiger partial charge in [0.1, 0.15) is 0 Å². The zero-order chi connectivity index (χ0) is 17.1. The summed E-state index contributed by atoms with van der Waals surface area (Å²) in [5.41, 5.74) is 1.25. The smallest absolute Gasteiger partial charge is 0.321 e. The monoisotopic (exact) mass is 333 g/mol. The van der Waals surface area contributed by atoms with Gasteiger partial charge in [0.15, 0.2) is 0 Å². The van der Waals surface area contributed by atoms with E-state index in [0.717, 1.165) is 5.69 Å². The van der Waals surface area contributed by atoms with Crippen LogP contribution >= 0.6 is 0 Å². The average molecular weight is 333 g/mol. The zero-order valence-electron chi connectivity index (χ0n) is 13.1. The summed E-state index contributed by atoms with van der Waals surface area (Å²) in [6, 6.07) is 6.72. The molecule has 0 unspecified atom stereocenters. The first-order valence-corrected chi connectivity index (χ1v) is 7.82. The predicted molar refractivity (Wildman–Crippen MR) is 85.1 cm³/mol. The number of carboxylic acid groups (broad SMARTS) is 1. The van der Waals surface area contributed by atoms with E-state index < -0.39 is 12.1 Å². The molecule has 0 radical (unpaired) electrons.